The lowest BCUT2D eigenvalue weighted by atomic mass is 9.87. The van der Waals surface area contributed by atoms with Gasteiger partial charge in [-0.3, -0.25) is 10.1 Å². The third-order valence-electron chi connectivity index (χ3n) is 5.20. The van der Waals surface area contributed by atoms with Crippen molar-refractivity contribution >= 4 is 28.9 Å². The fourth-order valence-corrected chi connectivity index (χ4v) is 3.84. The molecule has 0 amide bonds. The zero-order valence-electron chi connectivity index (χ0n) is 15.7. The van der Waals surface area contributed by atoms with Crippen LogP contribution < -0.4 is 4.90 Å². The standard InChI is InChI=1S/C20H20ClFN2O5/c1-29-20(26)15-10-18(24(27)28)17(11-16(15)21)23-8-6-13(7-9-23)19(25)12-2-4-14(22)5-3-12/h2-5,10-11,13,19,25H,6-9H2,1H3. The molecule has 7 nitrogen and oxygen atoms in total. The summed E-state index contributed by atoms with van der Waals surface area (Å²) in [5.41, 5.74) is 0.669. The fraction of sp³-hybridized carbons (Fsp3) is 0.350. The lowest BCUT2D eigenvalue weighted by Crippen LogP contribution is -2.36. The maximum atomic E-state index is 13.1. The first-order chi connectivity index (χ1) is 13.8. The van der Waals surface area contributed by atoms with Crippen LogP contribution in [0.1, 0.15) is 34.9 Å². The summed E-state index contributed by atoms with van der Waals surface area (Å²) in [7, 11) is 1.18. The molecule has 154 valence electrons. The number of methoxy groups -OCH3 is 1. The molecule has 0 spiro atoms. The molecule has 1 atom stereocenters. The molecule has 0 aliphatic carbocycles. The van der Waals surface area contributed by atoms with Gasteiger partial charge in [0.25, 0.3) is 5.69 Å². The molecule has 2 aromatic carbocycles. The van der Waals surface area contributed by atoms with Crippen molar-refractivity contribution in [1.29, 1.82) is 0 Å². The Bertz CT molecular complexity index is 914. The van der Waals surface area contributed by atoms with Gasteiger partial charge >= 0.3 is 5.97 Å². The molecule has 3 rings (SSSR count). The van der Waals surface area contributed by atoms with Crippen molar-refractivity contribution in [2.24, 2.45) is 5.92 Å². The Hall–Kier alpha value is -2.71. The number of halogens is 2. The normalized spacial score (nSPS) is 15.8. The molecule has 1 fully saturated rings. The summed E-state index contributed by atoms with van der Waals surface area (Å²) in [6.07, 6.45) is 0.441. The van der Waals surface area contributed by atoms with Gasteiger partial charge in [0.1, 0.15) is 11.5 Å². The van der Waals surface area contributed by atoms with E-state index in [0.717, 1.165) is 6.07 Å². The van der Waals surface area contributed by atoms with Crippen molar-refractivity contribution in [3.63, 3.8) is 0 Å². The number of anilines is 1. The number of ether oxygens (including phenoxy) is 1. The summed E-state index contributed by atoms with van der Waals surface area (Å²) < 4.78 is 17.7. The lowest BCUT2D eigenvalue weighted by Gasteiger charge is -2.35. The van der Waals surface area contributed by atoms with Crippen molar-refractivity contribution in [1.82, 2.24) is 0 Å². The smallest absolute Gasteiger partial charge is 0.339 e. The van der Waals surface area contributed by atoms with E-state index in [-0.39, 0.29) is 28.0 Å². The molecule has 1 aliphatic rings. The summed E-state index contributed by atoms with van der Waals surface area (Å²) in [4.78, 5) is 24.6. The Morgan fingerprint density at radius 3 is 2.48 bits per heavy atom. The molecule has 0 radical (unpaired) electrons. The van der Waals surface area contributed by atoms with E-state index in [2.05, 4.69) is 4.74 Å². The second-order valence-corrected chi connectivity index (χ2v) is 7.30. The van der Waals surface area contributed by atoms with Crippen LogP contribution in [0.4, 0.5) is 15.8 Å². The van der Waals surface area contributed by atoms with Gasteiger partial charge in [0.15, 0.2) is 0 Å². The molecule has 1 N–H and O–H groups in total. The van der Waals surface area contributed by atoms with Gasteiger partial charge in [-0.05, 0) is 42.5 Å². The number of nitrogens with zero attached hydrogens (tertiary/aromatic N) is 2. The van der Waals surface area contributed by atoms with E-state index in [0.29, 0.717) is 37.2 Å². The van der Waals surface area contributed by atoms with E-state index in [1.807, 2.05) is 4.90 Å². The summed E-state index contributed by atoms with van der Waals surface area (Å²) in [5.74, 6) is -1.17. The minimum absolute atomic E-state index is 0.0550. The van der Waals surface area contributed by atoms with Crippen molar-refractivity contribution in [2.75, 3.05) is 25.1 Å². The van der Waals surface area contributed by atoms with E-state index in [1.54, 1.807) is 12.1 Å². The number of nitro benzene ring substituents is 1. The van der Waals surface area contributed by atoms with Crippen LogP contribution in [0.25, 0.3) is 0 Å². The summed E-state index contributed by atoms with van der Waals surface area (Å²) in [6.45, 7) is 0.940. The number of esters is 1. The second kappa shape index (κ2) is 8.75. The number of benzene rings is 2. The third-order valence-corrected chi connectivity index (χ3v) is 5.52. The number of aliphatic hydroxyl groups is 1. The predicted octanol–water partition coefficient (Wildman–Crippen LogP) is 4.12. The molecule has 0 bridgehead atoms. The quantitative estimate of drug-likeness (QED) is 0.442. The van der Waals surface area contributed by atoms with E-state index in [1.165, 1.54) is 25.3 Å². The molecular formula is C20H20ClFN2O5. The Morgan fingerprint density at radius 1 is 1.31 bits per heavy atom. The van der Waals surface area contributed by atoms with Crippen molar-refractivity contribution < 1.29 is 24.0 Å². The Morgan fingerprint density at radius 2 is 1.93 bits per heavy atom. The van der Waals surface area contributed by atoms with E-state index >= 15 is 0 Å². The molecule has 2 aromatic rings. The first-order valence-corrected chi connectivity index (χ1v) is 9.44. The average Bonchev–Trinajstić information content (AvgIpc) is 2.73. The van der Waals surface area contributed by atoms with Crippen LogP contribution >= 0.6 is 11.6 Å². The highest BCUT2D eigenvalue weighted by Crippen LogP contribution is 2.38. The average molecular weight is 423 g/mol. The van der Waals surface area contributed by atoms with E-state index in [9.17, 15) is 24.4 Å². The number of carbonyl (C=O) groups excluding carboxylic acids is 1. The van der Waals surface area contributed by atoms with Gasteiger partial charge in [0, 0.05) is 19.2 Å². The molecule has 1 heterocycles. The summed E-state index contributed by atoms with van der Waals surface area (Å²) in [6, 6.07) is 8.26. The van der Waals surface area contributed by atoms with Gasteiger partial charge in [0.2, 0.25) is 0 Å². The molecule has 1 saturated heterocycles. The highest BCUT2D eigenvalue weighted by atomic mass is 35.5. The first-order valence-electron chi connectivity index (χ1n) is 9.06. The van der Waals surface area contributed by atoms with Gasteiger partial charge in [-0.1, -0.05) is 23.7 Å². The third kappa shape index (κ3) is 4.49. The van der Waals surface area contributed by atoms with Gasteiger partial charge < -0.3 is 14.7 Å². The Kier molecular flexibility index (Phi) is 6.34. The highest BCUT2D eigenvalue weighted by molar-refractivity contribution is 6.34. The number of aliphatic hydroxyl groups excluding tert-OH is 1. The number of rotatable bonds is 5. The van der Waals surface area contributed by atoms with Crippen LogP contribution in [0.15, 0.2) is 36.4 Å². The van der Waals surface area contributed by atoms with Crippen LogP contribution in [0.5, 0.6) is 0 Å². The maximum absolute atomic E-state index is 13.1. The molecule has 9 heteroatoms. The molecule has 0 aromatic heterocycles. The van der Waals surface area contributed by atoms with Gasteiger partial charge in [-0.25, -0.2) is 9.18 Å². The van der Waals surface area contributed by atoms with Crippen molar-refractivity contribution in [3.05, 3.63) is 68.5 Å². The molecule has 29 heavy (non-hydrogen) atoms. The number of nitro groups is 1. The van der Waals surface area contributed by atoms with Crippen molar-refractivity contribution in [3.8, 4) is 0 Å². The lowest BCUT2D eigenvalue weighted by molar-refractivity contribution is -0.384. The number of piperidine rings is 1. The van der Waals surface area contributed by atoms with Crippen LogP contribution in [-0.4, -0.2) is 36.2 Å². The monoisotopic (exact) mass is 422 g/mol. The largest absolute Gasteiger partial charge is 0.465 e. The minimum atomic E-state index is -0.745. The molecule has 1 aliphatic heterocycles. The Labute approximate surface area is 171 Å². The van der Waals surface area contributed by atoms with Crippen LogP contribution in [0.2, 0.25) is 5.02 Å². The zero-order chi connectivity index (χ0) is 21.1. The predicted molar refractivity (Wildman–Crippen MR) is 106 cm³/mol. The SMILES string of the molecule is COC(=O)c1cc([N+](=O)[O-])c(N2CCC(C(O)c3ccc(F)cc3)CC2)cc1Cl. The maximum Gasteiger partial charge on any atom is 0.339 e. The van der Waals surface area contributed by atoms with Crippen LogP contribution in [-0.2, 0) is 4.74 Å². The van der Waals surface area contributed by atoms with E-state index in [4.69, 9.17) is 11.6 Å². The van der Waals surface area contributed by atoms with Crippen LogP contribution in [0.3, 0.4) is 0 Å². The highest BCUT2D eigenvalue weighted by Gasteiger charge is 2.30. The van der Waals surface area contributed by atoms with Gasteiger partial charge in [-0.2, -0.15) is 0 Å². The van der Waals surface area contributed by atoms with Crippen LogP contribution in [0, 0.1) is 21.8 Å². The number of hydrogen-bond acceptors (Lipinski definition) is 6. The van der Waals surface area contributed by atoms with Gasteiger partial charge in [-0.15, -0.1) is 0 Å². The minimum Gasteiger partial charge on any atom is -0.465 e. The molecular weight excluding hydrogens is 403 g/mol. The number of hydrogen-bond donors (Lipinski definition) is 1. The van der Waals surface area contributed by atoms with E-state index < -0.39 is 17.0 Å². The summed E-state index contributed by atoms with van der Waals surface area (Å²) >= 11 is 6.15. The molecule has 1 unspecified atom stereocenters. The van der Waals surface area contributed by atoms with Crippen molar-refractivity contribution in [2.45, 2.75) is 18.9 Å². The zero-order valence-corrected chi connectivity index (χ0v) is 16.4. The topological polar surface area (TPSA) is 92.9 Å². The summed E-state index contributed by atoms with van der Waals surface area (Å²) in [5, 5.41) is 22.2. The first kappa shape index (κ1) is 21.0. The number of carbonyl (C=O) groups is 1. The Balaban J connectivity index is 1.78. The fourth-order valence-electron chi connectivity index (χ4n) is 3.61. The second-order valence-electron chi connectivity index (χ2n) is 6.89. The molecule has 0 saturated carbocycles. The van der Waals surface area contributed by atoms with Gasteiger partial charge in [0.05, 0.1) is 28.7 Å².